The normalized spacial score (nSPS) is 22.1. The van der Waals surface area contributed by atoms with Crippen LogP contribution in [0.4, 0.5) is 8.78 Å². The topological polar surface area (TPSA) is 6.48 Å². The van der Waals surface area contributed by atoms with Gasteiger partial charge in [-0.15, -0.1) is 0 Å². The standard InChI is InChI=1S/C27H30F2N2/c1-3-18-30-25(20-10-14-23(28)15-11-20)26(21-12-16-24(29)17-13-21)31(19-4-2)27(30)22-8-6-5-7-9-22/h5-17,25-27H,3-4,18-19H2,1-2H3. The van der Waals surface area contributed by atoms with Crippen LogP contribution in [0.2, 0.25) is 0 Å². The zero-order valence-corrected chi connectivity index (χ0v) is 18.2. The van der Waals surface area contributed by atoms with Gasteiger partial charge in [0.2, 0.25) is 0 Å². The van der Waals surface area contributed by atoms with E-state index in [-0.39, 0.29) is 29.9 Å². The van der Waals surface area contributed by atoms with Crippen molar-refractivity contribution < 1.29 is 8.78 Å². The van der Waals surface area contributed by atoms with E-state index in [1.54, 1.807) is 24.3 Å². The van der Waals surface area contributed by atoms with Crippen LogP contribution in [-0.2, 0) is 0 Å². The zero-order chi connectivity index (χ0) is 21.8. The molecule has 31 heavy (non-hydrogen) atoms. The highest BCUT2D eigenvalue weighted by atomic mass is 19.1. The molecule has 0 amide bonds. The van der Waals surface area contributed by atoms with Crippen molar-refractivity contribution >= 4 is 0 Å². The third-order valence-electron chi connectivity index (χ3n) is 6.13. The molecule has 0 saturated carbocycles. The van der Waals surface area contributed by atoms with E-state index < -0.39 is 0 Å². The molecule has 2 unspecified atom stereocenters. The molecule has 0 bridgehead atoms. The van der Waals surface area contributed by atoms with Crippen molar-refractivity contribution in [1.29, 1.82) is 0 Å². The summed E-state index contributed by atoms with van der Waals surface area (Å²) in [6.07, 6.45) is 2.13. The molecule has 0 N–H and O–H groups in total. The minimum atomic E-state index is -0.229. The van der Waals surface area contributed by atoms with Crippen molar-refractivity contribution in [2.75, 3.05) is 13.1 Å². The molecule has 1 saturated heterocycles. The maximum atomic E-state index is 13.8. The van der Waals surface area contributed by atoms with Gasteiger partial charge in [0.15, 0.2) is 0 Å². The largest absolute Gasteiger partial charge is 0.275 e. The van der Waals surface area contributed by atoms with Gasteiger partial charge in [0.25, 0.3) is 0 Å². The fourth-order valence-electron chi connectivity index (χ4n) is 4.97. The van der Waals surface area contributed by atoms with Crippen molar-refractivity contribution in [3.05, 3.63) is 107 Å². The molecule has 162 valence electrons. The van der Waals surface area contributed by atoms with Gasteiger partial charge in [0.05, 0.1) is 18.2 Å². The number of nitrogens with zero attached hydrogens (tertiary/aromatic N) is 2. The van der Waals surface area contributed by atoms with Gasteiger partial charge in [-0.2, -0.15) is 0 Å². The predicted octanol–water partition coefficient (Wildman–Crippen LogP) is 6.88. The Hall–Kier alpha value is -2.56. The highest BCUT2D eigenvalue weighted by Crippen LogP contribution is 2.52. The first-order valence-corrected chi connectivity index (χ1v) is 11.2. The number of benzene rings is 3. The monoisotopic (exact) mass is 420 g/mol. The summed E-state index contributed by atoms with van der Waals surface area (Å²) in [6.45, 7) is 6.22. The van der Waals surface area contributed by atoms with Crippen LogP contribution >= 0.6 is 0 Å². The Morgan fingerprint density at radius 1 is 0.581 bits per heavy atom. The van der Waals surface area contributed by atoms with Gasteiger partial charge >= 0.3 is 0 Å². The Balaban J connectivity index is 1.89. The average Bonchev–Trinajstić information content (AvgIpc) is 3.10. The minimum absolute atomic E-state index is 0.0442. The van der Waals surface area contributed by atoms with Crippen LogP contribution in [0.1, 0.15) is 61.6 Å². The van der Waals surface area contributed by atoms with Crippen molar-refractivity contribution in [2.24, 2.45) is 0 Å². The van der Waals surface area contributed by atoms with E-state index in [4.69, 9.17) is 0 Å². The lowest BCUT2D eigenvalue weighted by Crippen LogP contribution is -2.32. The van der Waals surface area contributed by atoms with Gasteiger partial charge in [0, 0.05) is 13.1 Å². The summed E-state index contributed by atoms with van der Waals surface area (Å²) < 4.78 is 27.5. The highest BCUT2D eigenvalue weighted by Gasteiger charge is 2.48. The third kappa shape index (κ3) is 4.41. The van der Waals surface area contributed by atoms with Crippen molar-refractivity contribution in [2.45, 2.75) is 44.9 Å². The smallest absolute Gasteiger partial charge is 0.123 e. The summed E-state index contributed by atoms with van der Waals surface area (Å²) in [5.74, 6) is -0.459. The fourth-order valence-corrected chi connectivity index (χ4v) is 4.97. The summed E-state index contributed by atoms with van der Waals surface area (Å²) in [5.41, 5.74) is 3.42. The first kappa shape index (κ1) is 21.7. The lowest BCUT2D eigenvalue weighted by molar-refractivity contribution is 0.113. The Bertz CT molecular complexity index is 895. The molecule has 0 aliphatic carbocycles. The molecule has 0 aromatic heterocycles. The Morgan fingerprint density at radius 3 is 1.39 bits per heavy atom. The molecule has 2 atom stereocenters. The summed E-state index contributed by atoms with van der Waals surface area (Å²) in [6, 6.07) is 24.4. The summed E-state index contributed by atoms with van der Waals surface area (Å²) >= 11 is 0. The number of hydrogen-bond donors (Lipinski definition) is 0. The second-order valence-electron chi connectivity index (χ2n) is 8.25. The number of rotatable bonds is 7. The molecular weight excluding hydrogens is 390 g/mol. The number of hydrogen-bond acceptors (Lipinski definition) is 2. The van der Waals surface area contributed by atoms with Gasteiger partial charge in [-0.1, -0.05) is 68.4 Å². The molecule has 4 heteroatoms. The Morgan fingerprint density at radius 2 is 1.00 bits per heavy atom. The highest BCUT2D eigenvalue weighted by molar-refractivity contribution is 5.33. The fraction of sp³-hybridized carbons (Fsp3) is 0.333. The van der Waals surface area contributed by atoms with Crippen LogP contribution in [0.3, 0.4) is 0 Å². The van der Waals surface area contributed by atoms with Crippen LogP contribution in [0, 0.1) is 11.6 Å². The zero-order valence-electron chi connectivity index (χ0n) is 18.2. The molecular formula is C27H30F2N2. The van der Waals surface area contributed by atoms with E-state index in [0.29, 0.717) is 0 Å². The van der Waals surface area contributed by atoms with E-state index in [9.17, 15) is 8.78 Å². The second-order valence-corrected chi connectivity index (χ2v) is 8.25. The molecule has 1 heterocycles. The minimum Gasteiger partial charge on any atom is -0.275 e. The van der Waals surface area contributed by atoms with E-state index in [0.717, 1.165) is 37.1 Å². The average molecular weight is 421 g/mol. The molecule has 1 fully saturated rings. The van der Waals surface area contributed by atoms with Crippen LogP contribution in [-0.4, -0.2) is 22.9 Å². The molecule has 3 aromatic rings. The van der Waals surface area contributed by atoms with E-state index in [1.807, 2.05) is 30.3 Å². The van der Waals surface area contributed by atoms with E-state index in [1.165, 1.54) is 5.56 Å². The maximum Gasteiger partial charge on any atom is 0.123 e. The number of halogens is 2. The van der Waals surface area contributed by atoms with Gasteiger partial charge in [-0.3, -0.25) is 9.80 Å². The molecule has 1 aliphatic rings. The lowest BCUT2D eigenvalue weighted by Gasteiger charge is -2.32. The Kier molecular flexibility index (Phi) is 6.79. The van der Waals surface area contributed by atoms with Crippen molar-refractivity contribution in [3.8, 4) is 0 Å². The van der Waals surface area contributed by atoms with Crippen LogP contribution < -0.4 is 0 Å². The van der Waals surface area contributed by atoms with E-state index in [2.05, 4.69) is 47.9 Å². The molecule has 3 aromatic carbocycles. The molecule has 2 nitrogen and oxygen atoms in total. The van der Waals surface area contributed by atoms with Gasteiger partial charge in [0.1, 0.15) is 11.6 Å². The molecule has 1 aliphatic heterocycles. The molecule has 0 spiro atoms. The summed E-state index contributed by atoms with van der Waals surface area (Å²) in [5, 5.41) is 0. The van der Waals surface area contributed by atoms with Gasteiger partial charge in [-0.05, 0) is 53.8 Å². The lowest BCUT2D eigenvalue weighted by atomic mass is 9.93. The molecule has 4 rings (SSSR count). The van der Waals surface area contributed by atoms with Gasteiger partial charge < -0.3 is 0 Å². The third-order valence-corrected chi connectivity index (χ3v) is 6.13. The van der Waals surface area contributed by atoms with Crippen LogP contribution in [0.5, 0.6) is 0 Å². The van der Waals surface area contributed by atoms with Gasteiger partial charge in [-0.25, -0.2) is 8.78 Å². The Labute approximate surface area is 184 Å². The summed E-state index contributed by atoms with van der Waals surface area (Å²) in [7, 11) is 0. The molecule has 0 radical (unpaired) electrons. The SMILES string of the molecule is CCCN1C(c2ccc(F)cc2)C(c2ccc(F)cc2)N(CCC)C1c1ccccc1. The van der Waals surface area contributed by atoms with E-state index >= 15 is 0 Å². The first-order chi connectivity index (χ1) is 15.1. The van der Waals surface area contributed by atoms with Crippen LogP contribution in [0.25, 0.3) is 0 Å². The summed E-state index contributed by atoms with van der Waals surface area (Å²) in [4.78, 5) is 5.07. The quantitative estimate of drug-likeness (QED) is 0.411. The van der Waals surface area contributed by atoms with Crippen LogP contribution in [0.15, 0.2) is 78.9 Å². The maximum absolute atomic E-state index is 13.8. The van der Waals surface area contributed by atoms with Crippen molar-refractivity contribution in [3.63, 3.8) is 0 Å². The second kappa shape index (κ2) is 9.71. The van der Waals surface area contributed by atoms with Crippen molar-refractivity contribution in [1.82, 2.24) is 9.80 Å². The predicted molar refractivity (Wildman–Crippen MR) is 121 cm³/mol. The first-order valence-electron chi connectivity index (χ1n) is 11.2.